The van der Waals surface area contributed by atoms with Crippen molar-refractivity contribution >= 4 is 11.6 Å². The molecule has 98 valence electrons. The quantitative estimate of drug-likeness (QED) is 0.844. The second kappa shape index (κ2) is 4.87. The molecular formula is C16H15ClO2. The van der Waals surface area contributed by atoms with Crippen molar-refractivity contribution in [3.05, 3.63) is 64.2 Å². The van der Waals surface area contributed by atoms with Crippen LogP contribution in [0.4, 0.5) is 0 Å². The van der Waals surface area contributed by atoms with Crippen molar-refractivity contribution < 1.29 is 9.84 Å². The van der Waals surface area contributed by atoms with Crippen LogP contribution in [0.1, 0.15) is 35.3 Å². The smallest absolute Gasteiger partial charge is 0.128 e. The number of rotatable bonds is 1. The van der Waals surface area contributed by atoms with Crippen molar-refractivity contribution in [2.75, 3.05) is 0 Å². The van der Waals surface area contributed by atoms with Gasteiger partial charge >= 0.3 is 0 Å². The fraction of sp³-hybridized carbons (Fsp3) is 0.250. The zero-order chi connectivity index (χ0) is 13.4. The summed E-state index contributed by atoms with van der Waals surface area (Å²) >= 11 is 6.20. The standard InChI is InChI=1S/C16H15ClO2/c1-10-6-7-15-12(8-10)14(18)9-16(19-15)11-4-2-3-5-13(11)17/h2-8,14,16,18H,9H2,1H3/t14-,16?/m1/s1. The van der Waals surface area contributed by atoms with Crippen LogP contribution in [0.5, 0.6) is 5.75 Å². The maximum atomic E-state index is 10.3. The van der Waals surface area contributed by atoms with Crippen LogP contribution in [-0.2, 0) is 0 Å². The Bertz CT molecular complexity index is 609. The molecule has 2 aromatic carbocycles. The van der Waals surface area contributed by atoms with E-state index in [1.54, 1.807) is 0 Å². The molecule has 0 bridgehead atoms. The zero-order valence-electron chi connectivity index (χ0n) is 10.6. The minimum atomic E-state index is -0.509. The fourth-order valence-corrected chi connectivity index (χ4v) is 2.75. The summed E-state index contributed by atoms with van der Waals surface area (Å²) < 4.78 is 5.98. The van der Waals surface area contributed by atoms with Crippen LogP contribution in [-0.4, -0.2) is 5.11 Å². The Hall–Kier alpha value is -1.51. The van der Waals surface area contributed by atoms with Crippen LogP contribution in [0, 0.1) is 6.92 Å². The van der Waals surface area contributed by atoms with E-state index in [0.29, 0.717) is 11.4 Å². The SMILES string of the molecule is Cc1ccc2c(c1)[C@H](O)CC(c1ccccc1Cl)O2. The van der Waals surface area contributed by atoms with Gasteiger partial charge in [-0.3, -0.25) is 0 Å². The lowest BCUT2D eigenvalue weighted by atomic mass is 9.94. The Kier molecular flexibility index (Phi) is 3.21. The lowest BCUT2D eigenvalue weighted by molar-refractivity contribution is 0.0657. The summed E-state index contributed by atoms with van der Waals surface area (Å²) in [6, 6.07) is 13.5. The third kappa shape index (κ3) is 2.34. The molecule has 2 nitrogen and oxygen atoms in total. The first kappa shape index (κ1) is 12.5. The van der Waals surface area contributed by atoms with E-state index in [-0.39, 0.29) is 6.10 Å². The number of halogens is 1. The van der Waals surface area contributed by atoms with Crippen LogP contribution >= 0.6 is 11.6 Å². The average molecular weight is 275 g/mol. The van der Waals surface area contributed by atoms with Crippen molar-refractivity contribution in [1.82, 2.24) is 0 Å². The summed E-state index contributed by atoms with van der Waals surface area (Å²) in [5, 5.41) is 11.0. The molecule has 1 heterocycles. The van der Waals surface area contributed by atoms with E-state index in [1.807, 2.05) is 49.4 Å². The third-order valence-corrected chi connectivity index (χ3v) is 3.83. The Morgan fingerprint density at radius 3 is 2.74 bits per heavy atom. The number of aliphatic hydroxyl groups is 1. The summed E-state index contributed by atoms with van der Waals surface area (Å²) in [5.41, 5.74) is 2.91. The molecule has 0 amide bonds. The van der Waals surface area contributed by atoms with Crippen molar-refractivity contribution in [1.29, 1.82) is 0 Å². The van der Waals surface area contributed by atoms with E-state index in [0.717, 1.165) is 22.4 Å². The van der Waals surface area contributed by atoms with Gasteiger partial charge in [-0.15, -0.1) is 0 Å². The summed E-state index contributed by atoms with van der Waals surface area (Å²) in [6.07, 6.45) is -0.177. The van der Waals surface area contributed by atoms with Gasteiger partial charge < -0.3 is 9.84 Å². The Labute approximate surface area is 117 Å². The van der Waals surface area contributed by atoms with Crippen LogP contribution < -0.4 is 4.74 Å². The van der Waals surface area contributed by atoms with Gasteiger partial charge in [0.15, 0.2) is 0 Å². The Morgan fingerprint density at radius 1 is 1.16 bits per heavy atom. The normalized spacial score (nSPS) is 21.6. The minimum Gasteiger partial charge on any atom is -0.485 e. The van der Waals surface area contributed by atoms with Crippen molar-refractivity contribution in [3.8, 4) is 5.75 Å². The van der Waals surface area contributed by atoms with Crippen molar-refractivity contribution in [2.24, 2.45) is 0 Å². The fourth-order valence-electron chi connectivity index (χ4n) is 2.49. The molecule has 1 unspecified atom stereocenters. The molecule has 1 aliphatic heterocycles. The maximum Gasteiger partial charge on any atom is 0.128 e. The number of aliphatic hydroxyl groups excluding tert-OH is 1. The highest BCUT2D eigenvalue weighted by molar-refractivity contribution is 6.31. The number of benzene rings is 2. The average Bonchev–Trinajstić information content (AvgIpc) is 2.40. The van der Waals surface area contributed by atoms with Gasteiger partial charge in [0.2, 0.25) is 0 Å². The van der Waals surface area contributed by atoms with Crippen LogP contribution in [0.25, 0.3) is 0 Å². The van der Waals surface area contributed by atoms with E-state index in [9.17, 15) is 5.11 Å². The number of aryl methyl sites for hydroxylation is 1. The third-order valence-electron chi connectivity index (χ3n) is 3.48. The van der Waals surface area contributed by atoms with Crippen LogP contribution in [0.2, 0.25) is 5.02 Å². The second-order valence-electron chi connectivity index (χ2n) is 4.92. The number of ether oxygens (including phenoxy) is 1. The lowest BCUT2D eigenvalue weighted by Crippen LogP contribution is -2.19. The van der Waals surface area contributed by atoms with Crippen molar-refractivity contribution in [3.63, 3.8) is 0 Å². The van der Waals surface area contributed by atoms with Gasteiger partial charge in [0, 0.05) is 22.6 Å². The molecule has 3 heteroatoms. The highest BCUT2D eigenvalue weighted by Gasteiger charge is 2.29. The van der Waals surface area contributed by atoms with Gasteiger partial charge in [-0.1, -0.05) is 41.4 Å². The first-order valence-electron chi connectivity index (χ1n) is 6.35. The van der Waals surface area contributed by atoms with Gasteiger partial charge in [-0.05, 0) is 25.1 Å². The summed E-state index contributed by atoms with van der Waals surface area (Å²) in [7, 11) is 0. The minimum absolute atomic E-state index is 0.195. The van der Waals surface area contributed by atoms with E-state index in [2.05, 4.69) is 0 Å². The molecule has 1 aliphatic rings. The molecule has 1 N–H and O–H groups in total. The van der Waals surface area contributed by atoms with E-state index in [1.165, 1.54) is 0 Å². The van der Waals surface area contributed by atoms with Gasteiger partial charge in [0.05, 0.1) is 6.10 Å². The van der Waals surface area contributed by atoms with Gasteiger partial charge in [0.1, 0.15) is 11.9 Å². The number of hydrogen-bond acceptors (Lipinski definition) is 2. The van der Waals surface area contributed by atoms with Crippen molar-refractivity contribution in [2.45, 2.75) is 25.6 Å². The number of hydrogen-bond donors (Lipinski definition) is 1. The molecular weight excluding hydrogens is 260 g/mol. The molecule has 19 heavy (non-hydrogen) atoms. The van der Waals surface area contributed by atoms with Gasteiger partial charge in [-0.2, -0.15) is 0 Å². The Balaban J connectivity index is 1.97. The van der Waals surface area contributed by atoms with Crippen LogP contribution in [0.3, 0.4) is 0 Å². The second-order valence-corrected chi connectivity index (χ2v) is 5.33. The molecule has 0 saturated heterocycles. The van der Waals surface area contributed by atoms with Gasteiger partial charge in [-0.25, -0.2) is 0 Å². The zero-order valence-corrected chi connectivity index (χ0v) is 11.4. The predicted octanol–water partition coefficient (Wildman–Crippen LogP) is 4.21. The highest BCUT2D eigenvalue weighted by Crippen LogP contribution is 2.42. The first-order valence-corrected chi connectivity index (χ1v) is 6.72. The molecule has 0 fully saturated rings. The van der Waals surface area contributed by atoms with E-state index in [4.69, 9.17) is 16.3 Å². The molecule has 0 aromatic heterocycles. The summed E-state index contributed by atoms with van der Waals surface area (Å²) in [6.45, 7) is 2.01. The molecule has 2 aromatic rings. The summed E-state index contributed by atoms with van der Waals surface area (Å²) in [4.78, 5) is 0. The maximum absolute atomic E-state index is 10.3. The molecule has 0 spiro atoms. The Morgan fingerprint density at radius 2 is 1.95 bits per heavy atom. The van der Waals surface area contributed by atoms with E-state index >= 15 is 0 Å². The largest absolute Gasteiger partial charge is 0.485 e. The molecule has 0 aliphatic carbocycles. The molecule has 3 rings (SSSR count). The first-order chi connectivity index (χ1) is 9.15. The van der Waals surface area contributed by atoms with Crippen LogP contribution in [0.15, 0.2) is 42.5 Å². The van der Waals surface area contributed by atoms with Gasteiger partial charge in [0.25, 0.3) is 0 Å². The predicted molar refractivity (Wildman–Crippen MR) is 75.6 cm³/mol. The van der Waals surface area contributed by atoms with E-state index < -0.39 is 6.10 Å². The molecule has 0 saturated carbocycles. The highest BCUT2D eigenvalue weighted by atomic mass is 35.5. The monoisotopic (exact) mass is 274 g/mol. The topological polar surface area (TPSA) is 29.5 Å². The molecule has 0 radical (unpaired) electrons. The lowest BCUT2D eigenvalue weighted by Gasteiger charge is -2.30. The molecule has 2 atom stereocenters. The summed E-state index contributed by atoms with van der Waals surface area (Å²) in [5.74, 6) is 0.745. The number of fused-ring (bicyclic) bond motifs is 1.